The monoisotopic (exact) mass is 217 g/mol. The van der Waals surface area contributed by atoms with Gasteiger partial charge in [-0.15, -0.1) is 0 Å². The van der Waals surface area contributed by atoms with Crippen LogP contribution in [0.15, 0.2) is 12.1 Å². The molecule has 0 radical (unpaired) electrons. The third-order valence-corrected chi connectivity index (χ3v) is 5.20. The number of nitrogens with zero attached hydrogens (tertiary/aromatic N) is 1. The van der Waals surface area contributed by atoms with E-state index in [1.165, 1.54) is 24.1 Å². The lowest BCUT2D eigenvalue weighted by Gasteiger charge is -2.34. The number of aromatic nitrogens is 1. The molecular formula is C13H19N3. The Hall–Kier alpha value is -1.09. The number of nitrogens with one attached hydrogen (secondary N) is 1. The number of fused-ring (bicyclic) bond motifs is 5. The van der Waals surface area contributed by atoms with E-state index in [2.05, 4.69) is 37.2 Å². The molecule has 1 aromatic rings. The molecule has 3 rings (SSSR count). The number of pyridine rings is 1. The minimum absolute atomic E-state index is 0.222. The van der Waals surface area contributed by atoms with Crippen LogP contribution in [0.5, 0.6) is 0 Å². The van der Waals surface area contributed by atoms with Crippen molar-refractivity contribution in [3.8, 4) is 0 Å². The van der Waals surface area contributed by atoms with Crippen molar-refractivity contribution in [3.05, 3.63) is 23.4 Å². The second-order valence-electron chi connectivity index (χ2n) is 5.92. The lowest BCUT2D eigenvalue weighted by molar-refractivity contribution is 0.227. The molecule has 3 N–H and O–H groups in total. The maximum atomic E-state index is 5.44. The lowest BCUT2D eigenvalue weighted by Crippen LogP contribution is -2.32. The van der Waals surface area contributed by atoms with Gasteiger partial charge in [-0.25, -0.2) is 10.8 Å². The van der Waals surface area contributed by atoms with Crippen LogP contribution in [-0.4, -0.2) is 4.98 Å². The van der Waals surface area contributed by atoms with E-state index in [9.17, 15) is 0 Å². The fourth-order valence-corrected chi connectivity index (χ4v) is 3.74. The Balaban J connectivity index is 2.23. The first kappa shape index (κ1) is 10.1. The molecule has 2 unspecified atom stereocenters. The normalized spacial score (nSPS) is 33.9. The van der Waals surface area contributed by atoms with Crippen molar-refractivity contribution in [2.75, 3.05) is 5.43 Å². The van der Waals surface area contributed by atoms with E-state index in [1.807, 2.05) is 6.07 Å². The minimum Gasteiger partial charge on any atom is -0.308 e. The maximum absolute atomic E-state index is 5.44. The Bertz CT molecular complexity index is 452. The fourth-order valence-electron chi connectivity index (χ4n) is 3.74. The first-order valence-electron chi connectivity index (χ1n) is 5.99. The van der Waals surface area contributed by atoms with Crippen molar-refractivity contribution >= 4 is 5.82 Å². The van der Waals surface area contributed by atoms with Crippen molar-refractivity contribution in [1.82, 2.24) is 4.98 Å². The van der Waals surface area contributed by atoms with Crippen molar-refractivity contribution in [1.29, 1.82) is 0 Å². The molecule has 2 aliphatic rings. The zero-order valence-corrected chi connectivity index (χ0v) is 10.2. The lowest BCUT2D eigenvalue weighted by atomic mass is 9.70. The summed E-state index contributed by atoms with van der Waals surface area (Å²) < 4.78 is 0. The summed E-state index contributed by atoms with van der Waals surface area (Å²) in [5, 5.41) is 0. The quantitative estimate of drug-likeness (QED) is 0.561. The van der Waals surface area contributed by atoms with Gasteiger partial charge in [-0.3, -0.25) is 0 Å². The van der Waals surface area contributed by atoms with Crippen LogP contribution in [0.4, 0.5) is 5.82 Å². The van der Waals surface area contributed by atoms with Crippen LogP contribution in [-0.2, 0) is 5.41 Å². The molecule has 1 aromatic heterocycles. The second kappa shape index (κ2) is 2.77. The largest absolute Gasteiger partial charge is 0.308 e. The zero-order valence-electron chi connectivity index (χ0n) is 10.2. The van der Waals surface area contributed by atoms with E-state index in [-0.39, 0.29) is 5.41 Å². The molecule has 16 heavy (non-hydrogen) atoms. The third-order valence-electron chi connectivity index (χ3n) is 5.20. The average molecular weight is 217 g/mol. The van der Waals surface area contributed by atoms with Gasteiger partial charge in [0.2, 0.25) is 0 Å². The van der Waals surface area contributed by atoms with Crippen molar-refractivity contribution in [3.63, 3.8) is 0 Å². The highest BCUT2D eigenvalue weighted by molar-refractivity contribution is 5.49. The van der Waals surface area contributed by atoms with Gasteiger partial charge < -0.3 is 5.43 Å². The Kier molecular flexibility index (Phi) is 1.75. The fraction of sp³-hybridized carbons (Fsp3) is 0.615. The van der Waals surface area contributed by atoms with E-state index >= 15 is 0 Å². The summed E-state index contributed by atoms with van der Waals surface area (Å²) in [7, 11) is 0. The first-order valence-corrected chi connectivity index (χ1v) is 5.99. The summed E-state index contributed by atoms with van der Waals surface area (Å²) in [6, 6.07) is 4.19. The molecule has 0 aromatic carbocycles. The summed E-state index contributed by atoms with van der Waals surface area (Å²) >= 11 is 0. The van der Waals surface area contributed by atoms with Crippen LogP contribution in [0, 0.1) is 5.41 Å². The second-order valence-corrected chi connectivity index (χ2v) is 5.92. The molecule has 2 bridgehead atoms. The Labute approximate surface area is 96.4 Å². The smallest absolute Gasteiger partial charge is 0.140 e. The molecule has 86 valence electrons. The predicted molar refractivity (Wildman–Crippen MR) is 65.2 cm³/mol. The van der Waals surface area contributed by atoms with Gasteiger partial charge >= 0.3 is 0 Å². The number of nitrogen functional groups attached to an aromatic ring is 1. The van der Waals surface area contributed by atoms with Crippen molar-refractivity contribution in [2.45, 2.75) is 44.9 Å². The molecule has 3 heteroatoms. The van der Waals surface area contributed by atoms with Crippen LogP contribution >= 0.6 is 0 Å². The minimum atomic E-state index is 0.222. The molecule has 0 amide bonds. The van der Waals surface area contributed by atoms with Crippen molar-refractivity contribution < 1.29 is 0 Å². The van der Waals surface area contributed by atoms with E-state index in [0.717, 1.165) is 5.82 Å². The molecule has 1 fully saturated rings. The number of nitrogens with two attached hydrogens (primary N) is 1. The molecule has 1 heterocycles. The van der Waals surface area contributed by atoms with Crippen LogP contribution in [0.25, 0.3) is 0 Å². The van der Waals surface area contributed by atoms with E-state index in [4.69, 9.17) is 5.84 Å². The molecular weight excluding hydrogens is 198 g/mol. The third kappa shape index (κ3) is 0.908. The van der Waals surface area contributed by atoms with Gasteiger partial charge in [-0.05, 0) is 35.8 Å². The SMILES string of the molecule is CC12CCC(c3ccc(NN)nc31)C2(C)C. The van der Waals surface area contributed by atoms with E-state index in [0.29, 0.717) is 11.3 Å². The van der Waals surface area contributed by atoms with Gasteiger partial charge in [0.1, 0.15) is 5.82 Å². The standard InChI is InChI=1S/C13H19N3/c1-12(2)9-6-7-13(12,3)11-8(9)4-5-10(15-11)16-14/h4-5,9H,6-7,14H2,1-3H3,(H,15,16). The molecule has 0 aliphatic heterocycles. The Morgan fingerprint density at radius 1 is 1.38 bits per heavy atom. The van der Waals surface area contributed by atoms with E-state index < -0.39 is 0 Å². The first-order chi connectivity index (χ1) is 7.50. The summed E-state index contributed by atoms with van der Waals surface area (Å²) in [5.74, 6) is 6.89. The molecule has 2 atom stereocenters. The highest BCUT2D eigenvalue weighted by Crippen LogP contribution is 2.67. The number of anilines is 1. The Morgan fingerprint density at radius 3 is 2.81 bits per heavy atom. The number of hydrazine groups is 1. The maximum Gasteiger partial charge on any atom is 0.140 e. The van der Waals surface area contributed by atoms with Gasteiger partial charge in [0.25, 0.3) is 0 Å². The highest BCUT2D eigenvalue weighted by atomic mass is 15.2. The summed E-state index contributed by atoms with van der Waals surface area (Å²) in [4.78, 5) is 4.69. The van der Waals surface area contributed by atoms with Crippen LogP contribution in [0.2, 0.25) is 0 Å². The van der Waals surface area contributed by atoms with Gasteiger partial charge in [-0.2, -0.15) is 0 Å². The summed E-state index contributed by atoms with van der Waals surface area (Å²) in [6.07, 6.45) is 2.55. The van der Waals surface area contributed by atoms with Crippen LogP contribution in [0.3, 0.4) is 0 Å². The average Bonchev–Trinajstić information content (AvgIpc) is 2.59. The van der Waals surface area contributed by atoms with Crippen LogP contribution < -0.4 is 11.3 Å². The van der Waals surface area contributed by atoms with Crippen LogP contribution in [0.1, 0.15) is 50.8 Å². The molecule has 2 aliphatic carbocycles. The number of rotatable bonds is 1. The van der Waals surface area contributed by atoms with Gasteiger partial charge in [0.15, 0.2) is 0 Å². The highest BCUT2D eigenvalue weighted by Gasteiger charge is 2.60. The molecule has 3 nitrogen and oxygen atoms in total. The predicted octanol–water partition coefficient (Wildman–Crippen LogP) is 2.54. The summed E-state index contributed by atoms with van der Waals surface area (Å²) in [5.41, 5.74) is 5.91. The molecule has 0 saturated heterocycles. The number of hydrogen-bond donors (Lipinski definition) is 2. The van der Waals surface area contributed by atoms with Gasteiger partial charge in [-0.1, -0.05) is 26.8 Å². The number of hydrogen-bond acceptors (Lipinski definition) is 3. The van der Waals surface area contributed by atoms with E-state index in [1.54, 1.807) is 0 Å². The Morgan fingerprint density at radius 2 is 2.12 bits per heavy atom. The van der Waals surface area contributed by atoms with Gasteiger partial charge in [0, 0.05) is 5.41 Å². The van der Waals surface area contributed by atoms with Gasteiger partial charge in [0.05, 0.1) is 5.69 Å². The molecule has 0 spiro atoms. The topological polar surface area (TPSA) is 50.9 Å². The molecule has 1 saturated carbocycles. The van der Waals surface area contributed by atoms with Crippen molar-refractivity contribution in [2.24, 2.45) is 11.3 Å². The zero-order chi connectivity index (χ0) is 11.6. The summed E-state index contributed by atoms with van der Waals surface area (Å²) in [6.45, 7) is 7.11.